The fourth-order valence-corrected chi connectivity index (χ4v) is 5.44. The maximum Gasteiger partial charge on any atom is 0.303 e. The maximum atomic E-state index is 12.5. The van der Waals surface area contributed by atoms with Gasteiger partial charge in [0.25, 0.3) is 0 Å². The molecule has 3 rings (SSSR count). The van der Waals surface area contributed by atoms with E-state index < -0.39 is 5.97 Å². The first-order valence-electron chi connectivity index (χ1n) is 11.9. The molecule has 0 radical (unpaired) electrons. The SMILES string of the molecule is O=C(O)CC[C@@H](CSc1cccc(-c2ccccc2)c1)NC(=O)CCCC1CCCCC1. The van der Waals surface area contributed by atoms with E-state index in [0.29, 0.717) is 18.6 Å². The number of carboxylic acid groups (broad SMARTS) is 1. The largest absolute Gasteiger partial charge is 0.481 e. The highest BCUT2D eigenvalue weighted by Gasteiger charge is 2.17. The molecular formula is C27H35NO3S. The van der Waals surface area contributed by atoms with Crippen molar-refractivity contribution in [3.63, 3.8) is 0 Å². The number of rotatable bonds is 12. The topological polar surface area (TPSA) is 66.4 Å². The Morgan fingerprint density at radius 1 is 0.969 bits per heavy atom. The molecule has 2 N–H and O–H groups in total. The first-order valence-corrected chi connectivity index (χ1v) is 12.9. The molecule has 1 aliphatic rings. The summed E-state index contributed by atoms with van der Waals surface area (Å²) in [5, 5.41) is 12.2. The highest BCUT2D eigenvalue weighted by Crippen LogP contribution is 2.28. The van der Waals surface area contributed by atoms with Crippen LogP contribution in [-0.2, 0) is 9.59 Å². The number of carbonyl (C=O) groups is 2. The Kier molecular flexibility index (Phi) is 10.1. The zero-order valence-electron chi connectivity index (χ0n) is 18.8. The molecule has 1 atom stereocenters. The van der Waals surface area contributed by atoms with E-state index >= 15 is 0 Å². The molecule has 2 aromatic carbocycles. The highest BCUT2D eigenvalue weighted by atomic mass is 32.2. The van der Waals surface area contributed by atoms with Crippen LogP contribution in [0.15, 0.2) is 59.5 Å². The molecule has 0 aliphatic heterocycles. The second kappa shape index (κ2) is 13.3. The minimum Gasteiger partial charge on any atom is -0.481 e. The monoisotopic (exact) mass is 453 g/mol. The van der Waals surface area contributed by atoms with Crippen LogP contribution in [0.4, 0.5) is 0 Å². The highest BCUT2D eigenvalue weighted by molar-refractivity contribution is 7.99. The van der Waals surface area contributed by atoms with Gasteiger partial charge in [-0.3, -0.25) is 9.59 Å². The van der Waals surface area contributed by atoms with Crippen LogP contribution in [0.3, 0.4) is 0 Å². The van der Waals surface area contributed by atoms with Crippen molar-refractivity contribution < 1.29 is 14.7 Å². The zero-order chi connectivity index (χ0) is 22.6. The predicted molar refractivity (Wildman–Crippen MR) is 132 cm³/mol. The van der Waals surface area contributed by atoms with E-state index in [2.05, 4.69) is 35.6 Å². The van der Waals surface area contributed by atoms with Crippen LogP contribution in [0, 0.1) is 5.92 Å². The number of aliphatic carboxylic acids is 1. The van der Waals surface area contributed by atoms with Gasteiger partial charge >= 0.3 is 5.97 Å². The maximum absolute atomic E-state index is 12.5. The average Bonchev–Trinajstić information content (AvgIpc) is 2.82. The number of nitrogens with one attached hydrogen (secondary N) is 1. The van der Waals surface area contributed by atoms with E-state index in [-0.39, 0.29) is 18.4 Å². The molecule has 1 saturated carbocycles. The molecule has 5 heteroatoms. The number of hydrogen-bond donors (Lipinski definition) is 2. The fraction of sp³-hybridized carbons (Fsp3) is 0.481. The Morgan fingerprint density at radius 3 is 2.47 bits per heavy atom. The van der Waals surface area contributed by atoms with Crippen molar-refractivity contribution in [2.45, 2.75) is 75.1 Å². The molecular weight excluding hydrogens is 418 g/mol. The Bertz CT molecular complexity index is 849. The predicted octanol–water partition coefficient (Wildman–Crippen LogP) is 6.55. The molecule has 1 aliphatic carbocycles. The molecule has 0 saturated heterocycles. The quantitative estimate of drug-likeness (QED) is 0.358. The van der Waals surface area contributed by atoms with Gasteiger partial charge < -0.3 is 10.4 Å². The Labute approximate surface area is 196 Å². The molecule has 1 amide bonds. The Hall–Kier alpha value is -2.27. The lowest BCUT2D eigenvalue weighted by molar-refractivity contribution is -0.137. The van der Waals surface area contributed by atoms with Crippen molar-refractivity contribution in [3.8, 4) is 11.1 Å². The number of amides is 1. The van der Waals surface area contributed by atoms with Crippen LogP contribution in [0.2, 0.25) is 0 Å². The van der Waals surface area contributed by atoms with Crippen LogP contribution in [-0.4, -0.2) is 28.8 Å². The van der Waals surface area contributed by atoms with Crippen LogP contribution in [0.5, 0.6) is 0 Å². The Balaban J connectivity index is 1.50. The van der Waals surface area contributed by atoms with Crippen LogP contribution >= 0.6 is 11.8 Å². The van der Waals surface area contributed by atoms with Crippen molar-refractivity contribution in [1.82, 2.24) is 5.32 Å². The van der Waals surface area contributed by atoms with Crippen molar-refractivity contribution in [2.75, 3.05) is 5.75 Å². The fourth-order valence-electron chi connectivity index (χ4n) is 4.41. The lowest BCUT2D eigenvalue weighted by Gasteiger charge is -2.22. The summed E-state index contributed by atoms with van der Waals surface area (Å²) in [5.41, 5.74) is 2.33. The molecule has 32 heavy (non-hydrogen) atoms. The van der Waals surface area contributed by atoms with Crippen LogP contribution in [0.1, 0.15) is 64.2 Å². The van der Waals surface area contributed by atoms with Crippen molar-refractivity contribution in [2.24, 2.45) is 5.92 Å². The standard InChI is InChI=1S/C27H35NO3S/c29-26(16-7-11-21-9-3-1-4-10-21)28-24(17-18-27(30)31)20-32-25-15-8-14-23(19-25)22-12-5-2-6-13-22/h2,5-6,8,12-15,19,21,24H,1,3-4,7,9-11,16-18,20H2,(H,28,29)(H,30,31)/t24-/m0/s1. The van der Waals surface area contributed by atoms with E-state index in [1.807, 2.05) is 24.3 Å². The van der Waals surface area contributed by atoms with Crippen molar-refractivity contribution >= 4 is 23.6 Å². The third-order valence-electron chi connectivity index (χ3n) is 6.21. The van der Waals surface area contributed by atoms with Gasteiger partial charge in [-0.15, -0.1) is 11.8 Å². The minimum absolute atomic E-state index is 0.0508. The van der Waals surface area contributed by atoms with Crippen molar-refractivity contribution in [3.05, 3.63) is 54.6 Å². The molecule has 172 valence electrons. The molecule has 0 bridgehead atoms. The average molecular weight is 454 g/mol. The summed E-state index contributed by atoms with van der Waals surface area (Å²) in [4.78, 5) is 24.7. The van der Waals surface area contributed by atoms with Crippen LogP contribution in [0.25, 0.3) is 11.1 Å². The van der Waals surface area contributed by atoms with Crippen LogP contribution < -0.4 is 5.32 Å². The molecule has 4 nitrogen and oxygen atoms in total. The number of benzene rings is 2. The van der Waals surface area contributed by atoms with Gasteiger partial charge in [-0.05, 0) is 48.4 Å². The second-order valence-corrected chi connectivity index (χ2v) is 9.89. The van der Waals surface area contributed by atoms with E-state index in [4.69, 9.17) is 5.11 Å². The van der Waals surface area contributed by atoms with Gasteiger partial charge in [-0.1, -0.05) is 74.6 Å². The van der Waals surface area contributed by atoms with Gasteiger partial charge in [-0.25, -0.2) is 0 Å². The lowest BCUT2D eigenvalue weighted by atomic mass is 9.86. The van der Waals surface area contributed by atoms with Gasteiger partial charge in [0.1, 0.15) is 0 Å². The summed E-state index contributed by atoms with van der Waals surface area (Å²) in [6, 6.07) is 18.5. The number of thioether (sulfide) groups is 1. The van der Waals surface area contributed by atoms with Gasteiger partial charge in [0.05, 0.1) is 0 Å². The lowest BCUT2D eigenvalue weighted by Crippen LogP contribution is -2.37. The first-order chi connectivity index (χ1) is 15.6. The summed E-state index contributed by atoms with van der Waals surface area (Å²) < 4.78 is 0. The first kappa shape index (κ1) is 24.4. The van der Waals surface area contributed by atoms with E-state index in [9.17, 15) is 9.59 Å². The minimum atomic E-state index is -0.822. The van der Waals surface area contributed by atoms with Gasteiger partial charge in [0.15, 0.2) is 0 Å². The van der Waals surface area contributed by atoms with E-state index in [1.54, 1.807) is 11.8 Å². The molecule has 0 aromatic heterocycles. The third-order valence-corrected chi connectivity index (χ3v) is 7.36. The second-order valence-electron chi connectivity index (χ2n) is 8.80. The third kappa shape index (κ3) is 8.70. The summed E-state index contributed by atoms with van der Waals surface area (Å²) in [6.07, 6.45) is 9.74. The van der Waals surface area contributed by atoms with Gasteiger partial charge in [-0.2, -0.15) is 0 Å². The van der Waals surface area contributed by atoms with Gasteiger partial charge in [0.2, 0.25) is 5.91 Å². The van der Waals surface area contributed by atoms with Gasteiger partial charge in [0, 0.05) is 29.5 Å². The molecule has 0 unspecified atom stereocenters. The summed E-state index contributed by atoms with van der Waals surface area (Å²) >= 11 is 1.67. The molecule has 0 heterocycles. The van der Waals surface area contributed by atoms with Crippen molar-refractivity contribution in [1.29, 1.82) is 0 Å². The number of hydrogen-bond acceptors (Lipinski definition) is 3. The summed E-state index contributed by atoms with van der Waals surface area (Å²) in [7, 11) is 0. The Morgan fingerprint density at radius 2 is 1.72 bits per heavy atom. The smallest absolute Gasteiger partial charge is 0.303 e. The summed E-state index contributed by atoms with van der Waals surface area (Å²) in [5.74, 6) is 0.680. The molecule has 2 aromatic rings. The van der Waals surface area contributed by atoms with E-state index in [0.717, 1.165) is 29.2 Å². The normalized spacial score (nSPS) is 15.2. The molecule has 0 spiro atoms. The number of carboxylic acids is 1. The zero-order valence-corrected chi connectivity index (χ0v) is 19.6. The molecule has 1 fully saturated rings. The van der Waals surface area contributed by atoms with E-state index in [1.165, 1.54) is 37.7 Å². The number of carbonyl (C=O) groups excluding carboxylic acids is 1. The summed E-state index contributed by atoms with van der Waals surface area (Å²) in [6.45, 7) is 0.